The van der Waals surface area contributed by atoms with Crippen LogP contribution >= 0.6 is 0 Å². The second kappa shape index (κ2) is 5.83. The normalized spacial score (nSPS) is 16.7. The molecule has 1 aromatic carbocycles. The third-order valence-corrected chi connectivity index (χ3v) is 3.88. The van der Waals surface area contributed by atoms with Gasteiger partial charge in [-0.15, -0.1) is 0 Å². The van der Waals surface area contributed by atoms with Crippen molar-refractivity contribution in [1.82, 2.24) is 5.16 Å². The number of anilines is 1. The van der Waals surface area contributed by atoms with E-state index in [-0.39, 0.29) is 18.9 Å². The molecule has 2 aromatic rings. The Balaban J connectivity index is 1.79. The van der Waals surface area contributed by atoms with Crippen molar-refractivity contribution in [3.05, 3.63) is 46.6 Å². The molecule has 1 atom stereocenters. The molecular weight excluding hydrogens is 303 g/mol. The average Bonchev–Trinajstić information content (AvgIpc) is 2.82. The summed E-state index contributed by atoms with van der Waals surface area (Å²) in [7, 11) is 0. The minimum absolute atomic E-state index is 0.0225. The summed E-state index contributed by atoms with van der Waals surface area (Å²) in [6.07, 6.45) is -0.0287. The first kappa shape index (κ1) is 15.2. The molecule has 0 saturated heterocycles. The number of ether oxygens (including phenoxy) is 1. The van der Waals surface area contributed by atoms with Crippen molar-refractivity contribution in [3.63, 3.8) is 0 Å². The first-order valence-electron chi connectivity index (χ1n) is 7.13. The van der Waals surface area contributed by atoms with Gasteiger partial charge in [0.15, 0.2) is 0 Å². The number of benzene rings is 1. The standard InChI is InChI=1S/C16H15FN2O4/c1-8-13(9(2)23-19-8)7-22-16(21)12-6-15(20)18-14-5-10(17)3-4-11(12)14/h3-5,12H,6-7H2,1-2H3,(H,18,20)/t12-/m1/s1. The van der Waals surface area contributed by atoms with Crippen molar-refractivity contribution in [2.45, 2.75) is 32.8 Å². The van der Waals surface area contributed by atoms with Crippen LogP contribution in [0, 0.1) is 19.7 Å². The number of fused-ring (bicyclic) bond motifs is 1. The van der Waals surface area contributed by atoms with Gasteiger partial charge >= 0.3 is 5.97 Å². The van der Waals surface area contributed by atoms with Crippen LogP contribution < -0.4 is 5.32 Å². The predicted molar refractivity (Wildman–Crippen MR) is 78.2 cm³/mol. The van der Waals surface area contributed by atoms with Crippen LogP contribution in [0.4, 0.5) is 10.1 Å². The quantitative estimate of drug-likeness (QED) is 0.880. The molecule has 0 spiro atoms. The summed E-state index contributed by atoms with van der Waals surface area (Å²) in [6.45, 7) is 3.51. The minimum atomic E-state index is -0.750. The number of aromatic nitrogens is 1. The topological polar surface area (TPSA) is 81.4 Å². The first-order valence-corrected chi connectivity index (χ1v) is 7.13. The number of nitrogens with zero attached hydrogens (tertiary/aromatic N) is 1. The molecule has 1 aromatic heterocycles. The minimum Gasteiger partial charge on any atom is -0.460 e. The molecule has 0 saturated carbocycles. The molecule has 1 amide bonds. The monoisotopic (exact) mass is 318 g/mol. The van der Waals surface area contributed by atoms with E-state index >= 15 is 0 Å². The van der Waals surface area contributed by atoms with Crippen molar-refractivity contribution in [2.24, 2.45) is 0 Å². The zero-order valence-corrected chi connectivity index (χ0v) is 12.7. The molecule has 1 N–H and O–H groups in total. The van der Waals surface area contributed by atoms with E-state index in [1.807, 2.05) is 0 Å². The SMILES string of the molecule is Cc1noc(C)c1COC(=O)[C@@H]1CC(=O)Nc2cc(F)ccc21. The number of nitrogens with one attached hydrogen (secondary N) is 1. The Kier molecular flexibility index (Phi) is 3.85. The van der Waals surface area contributed by atoms with Crippen LogP contribution in [-0.4, -0.2) is 17.0 Å². The third-order valence-electron chi connectivity index (χ3n) is 3.88. The van der Waals surface area contributed by atoms with Crippen LogP contribution in [0.2, 0.25) is 0 Å². The van der Waals surface area contributed by atoms with Gasteiger partial charge in [0.2, 0.25) is 5.91 Å². The first-order chi connectivity index (χ1) is 11.0. The van der Waals surface area contributed by atoms with Gasteiger partial charge in [0, 0.05) is 12.1 Å². The second-order valence-corrected chi connectivity index (χ2v) is 5.45. The molecule has 1 aliphatic heterocycles. The maximum absolute atomic E-state index is 13.3. The molecule has 0 aliphatic carbocycles. The lowest BCUT2D eigenvalue weighted by atomic mass is 9.90. The van der Waals surface area contributed by atoms with Crippen LogP contribution in [0.15, 0.2) is 22.7 Å². The number of rotatable bonds is 3. The van der Waals surface area contributed by atoms with E-state index < -0.39 is 17.7 Å². The Morgan fingerprint density at radius 2 is 2.26 bits per heavy atom. The molecule has 0 unspecified atom stereocenters. The number of amides is 1. The molecule has 3 rings (SSSR count). The number of halogens is 1. The number of esters is 1. The average molecular weight is 318 g/mol. The van der Waals surface area contributed by atoms with Gasteiger partial charge in [-0.2, -0.15) is 0 Å². The van der Waals surface area contributed by atoms with Crippen molar-refractivity contribution in [3.8, 4) is 0 Å². The summed E-state index contributed by atoms with van der Waals surface area (Å²) in [5, 5.41) is 6.35. The molecule has 0 radical (unpaired) electrons. The molecule has 6 nitrogen and oxygen atoms in total. The highest BCUT2D eigenvalue weighted by atomic mass is 19.1. The van der Waals surface area contributed by atoms with Gasteiger partial charge < -0.3 is 14.6 Å². The number of hydrogen-bond acceptors (Lipinski definition) is 5. The maximum atomic E-state index is 13.3. The second-order valence-electron chi connectivity index (χ2n) is 5.45. The summed E-state index contributed by atoms with van der Waals surface area (Å²) < 4.78 is 23.6. The smallest absolute Gasteiger partial charge is 0.314 e. The molecule has 0 bridgehead atoms. The van der Waals surface area contributed by atoms with Crippen LogP contribution in [0.25, 0.3) is 0 Å². The fourth-order valence-corrected chi connectivity index (χ4v) is 2.60. The van der Waals surface area contributed by atoms with E-state index in [2.05, 4.69) is 10.5 Å². The van der Waals surface area contributed by atoms with E-state index in [0.717, 1.165) is 0 Å². The van der Waals surface area contributed by atoms with Crippen LogP contribution in [0.3, 0.4) is 0 Å². The van der Waals surface area contributed by atoms with Crippen molar-refractivity contribution < 1.29 is 23.2 Å². The fourth-order valence-electron chi connectivity index (χ4n) is 2.60. The van der Waals surface area contributed by atoms with Crippen molar-refractivity contribution in [2.75, 3.05) is 5.32 Å². The molecule has 1 aliphatic rings. The highest BCUT2D eigenvalue weighted by Gasteiger charge is 2.32. The Morgan fingerprint density at radius 3 is 2.96 bits per heavy atom. The van der Waals surface area contributed by atoms with E-state index in [1.165, 1.54) is 18.2 Å². The van der Waals surface area contributed by atoms with E-state index in [4.69, 9.17) is 9.26 Å². The van der Waals surface area contributed by atoms with Crippen molar-refractivity contribution in [1.29, 1.82) is 0 Å². The largest absolute Gasteiger partial charge is 0.460 e. The number of hydrogen-bond donors (Lipinski definition) is 1. The molecule has 2 heterocycles. The third kappa shape index (κ3) is 2.94. The fraction of sp³-hybridized carbons (Fsp3) is 0.312. The molecule has 7 heteroatoms. The van der Waals surface area contributed by atoms with Crippen molar-refractivity contribution >= 4 is 17.6 Å². The molecule has 120 valence electrons. The van der Waals surface area contributed by atoms with Crippen LogP contribution in [0.1, 0.15) is 34.9 Å². The van der Waals surface area contributed by atoms with E-state index in [0.29, 0.717) is 28.3 Å². The lowest BCUT2D eigenvalue weighted by molar-refractivity contribution is -0.148. The van der Waals surface area contributed by atoms with E-state index in [9.17, 15) is 14.0 Å². The number of aryl methyl sites for hydroxylation is 2. The maximum Gasteiger partial charge on any atom is 0.314 e. The van der Waals surface area contributed by atoms with Gasteiger partial charge in [-0.1, -0.05) is 11.2 Å². The van der Waals surface area contributed by atoms with Crippen LogP contribution in [0.5, 0.6) is 0 Å². The summed E-state index contributed by atoms with van der Waals surface area (Å²) in [5.41, 5.74) is 2.22. The Bertz CT molecular complexity index is 765. The van der Waals surface area contributed by atoms with Gasteiger partial charge in [-0.25, -0.2) is 4.39 Å². The van der Waals surface area contributed by atoms with Gasteiger partial charge in [0.25, 0.3) is 0 Å². The predicted octanol–water partition coefficient (Wildman–Crippen LogP) is 2.60. The summed E-state index contributed by atoms with van der Waals surface area (Å²) in [4.78, 5) is 24.1. The molecule has 23 heavy (non-hydrogen) atoms. The van der Waals surface area contributed by atoms with Gasteiger partial charge in [0.1, 0.15) is 18.2 Å². The zero-order valence-electron chi connectivity index (χ0n) is 12.7. The van der Waals surface area contributed by atoms with Gasteiger partial charge in [-0.05, 0) is 31.5 Å². The van der Waals surface area contributed by atoms with Gasteiger partial charge in [0.05, 0.1) is 17.2 Å². The molecule has 0 fully saturated rings. The Morgan fingerprint density at radius 1 is 1.48 bits per heavy atom. The highest BCUT2D eigenvalue weighted by molar-refractivity contribution is 5.99. The number of carbonyl (C=O) groups is 2. The summed E-state index contributed by atoms with van der Waals surface area (Å²) >= 11 is 0. The van der Waals surface area contributed by atoms with Crippen LogP contribution in [-0.2, 0) is 20.9 Å². The lowest BCUT2D eigenvalue weighted by Crippen LogP contribution is -2.28. The zero-order chi connectivity index (χ0) is 16.6. The summed E-state index contributed by atoms with van der Waals surface area (Å²) in [5.74, 6) is -1.53. The Labute approximate surface area is 131 Å². The highest BCUT2D eigenvalue weighted by Crippen LogP contribution is 2.33. The Hall–Kier alpha value is -2.70. The lowest BCUT2D eigenvalue weighted by Gasteiger charge is -2.24. The van der Waals surface area contributed by atoms with E-state index in [1.54, 1.807) is 13.8 Å². The molecular formula is C16H15FN2O4. The summed E-state index contributed by atoms with van der Waals surface area (Å²) in [6, 6.07) is 3.94. The number of carbonyl (C=O) groups excluding carboxylic acids is 2. The van der Waals surface area contributed by atoms with Gasteiger partial charge in [-0.3, -0.25) is 9.59 Å².